The summed E-state index contributed by atoms with van der Waals surface area (Å²) >= 11 is 0. The zero-order valence-electron chi connectivity index (χ0n) is 11.2. The molecule has 0 aromatic heterocycles. The Morgan fingerprint density at radius 3 is 2.13 bits per heavy atom. The van der Waals surface area contributed by atoms with E-state index in [0.29, 0.717) is 17.9 Å². The standard InChI is InChI=1S/C13H25NO/c1-9-8-13(6,7)11(15)14(10(9)2)12(3,4)5/h9-10H,8H2,1-7H3/t9?,10-/m0/s1. The Balaban J connectivity index is 3.07. The van der Waals surface area contributed by atoms with Crippen molar-refractivity contribution in [2.75, 3.05) is 0 Å². The van der Waals surface area contributed by atoms with E-state index in [0.717, 1.165) is 6.42 Å². The second-order valence-electron chi connectivity index (χ2n) is 6.65. The Morgan fingerprint density at radius 2 is 1.73 bits per heavy atom. The van der Waals surface area contributed by atoms with Crippen LogP contribution in [-0.4, -0.2) is 22.4 Å². The maximum absolute atomic E-state index is 12.4. The first-order valence-corrected chi connectivity index (χ1v) is 5.91. The van der Waals surface area contributed by atoms with Crippen LogP contribution in [0, 0.1) is 11.3 Å². The van der Waals surface area contributed by atoms with Crippen LogP contribution in [0.5, 0.6) is 0 Å². The third kappa shape index (κ3) is 2.19. The lowest BCUT2D eigenvalue weighted by Gasteiger charge is -2.51. The normalized spacial score (nSPS) is 31.9. The minimum atomic E-state index is -0.195. The fourth-order valence-corrected chi connectivity index (χ4v) is 2.74. The van der Waals surface area contributed by atoms with E-state index < -0.39 is 0 Å². The molecule has 2 nitrogen and oxygen atoms in total. The number of piperidine rings is 1. The van der Waals surface area contributed by atoms with Gasteiger partial charge in [0.2, 0.25) is 5.91 Å². The second-order valence-corrected chi connectivity index (χ2v) is 6.65. The topological polar surface area (TPSA) is 20.3 Å². The molecule has 2 atom stereocenters. The Morgan fingerprint density at radius 1 is 1.27 bits per heavy atom. The van der Waals surface area contributed by atoms with E-state index >= 15 is 0 Å². The SMILES string of the molecule is CC1CC(C)(C)C(=O)N(C(C)(C)C)[C@H]1C. The van der Waals surface area contributed by atoms with E-state index in [-0.39, 0.29) is 11.0 Å². The molecule has 1 rings (SSSR count). The smallest absolute Gasteiger partial charge is 0.228 e. The average molecular weight is 211 g/mol. The lowest BCUT2D eigenvalue weighted by molar-refractivity contribution is -0.157. The number of hydrogen-bond donors (Lipinski definition) is 0. The summed E-state index contributed by atoms with van der Waals surface area (Å²) < 4.78 is 0. The zero-order chi connectivity index (χ0) is 12.0. The first-order chi connectivity index (χ1) is 6.57. The molecule has 0 bridgehead atoms. The number of likely N-dealkylation sites (tertiary alicyclic amines) is 1. The second kappa shape index (κ2) is 3.50. The highest BCUT2D eigenvalue weighted by Crippen LogP contribution is 2.39. The van der Waals surface area contributed by atoms with Gasteiger partial charge in [-0.1, -0.05) is 20.8 Å². The predicted molar refractivity (Wildman–Crippen MR) is 63.6 cm³/mol. The van der Waals surface area contributed by atoms with Crippen molar-refractivity contribution in [3.63, 3.8) is 0 Å². The summed E-state index contributed by atoms with van der Waals surface area (Å²) in [7, 11) is 0. The van der Waals surface area contributed by atoms with Gasteiger partial charge in [-0.05, 0) is 40.0 Å². The van der Waals surface area contributed by atoms with Crippen molar-refractivity contribution in [2.24, 2.45) is 11.3 Å². The maximum Gasteiger partial charge on any atom is 0.228 e. The summed E-state index contributed by atoms with van der Waals surface area (Å²) in [6.45, 7) is 14.9. The molecule has 1 heterocycles. The van der Waals surface area contributed by atoms with Crippen molar-refractivity contribution in [1.82, 2.24) is 4.90 Å². The molecule has 2 heteroatoms. The van der Waals surface area contributed by atoms with Gasteiger partial charge in [-0.3, -0.25) is 4.79 Å². The molecule has 0 aliphatic carbocycles. The van der Waals surface area contributed by atoms with Crippen LogP contribution in [0.4, 0.5) is 0 Å². The van der Waals surface area contributed by atoms with E-state index in [4.69, 9.17) is 0 Å². The lowest BCUT2D eigenvalue weighted by Crippen LogP contribution is -2.60. The molecule has 0 aromatic carbocycles. The minimum Gasteiger partial charge on any atom is -0.334 e. The Kier molecular flexibility index (Phi) is 2.92. The minimum absolute atomic E-state index is 0.0670. The monoisotopic (exact) mass is 211 g/mol. The third-order valence-corrected chi connectivity index (χ3v) is 3.58. The number of carbonyl (C=O) groups is 1. The fourth-order valence-electron chi connectivity index (χ4n) is 2.74. The van der Waals surface area contributed by atoms with E-state index in [1.165, 1.54) is 0 Å². The van der Waals surface area contributed by atoms with Gasteiger partial charge in [0, 0.05) is 17.0 Å². The van der Waals surface area contributed by atoms with Crippen LogP contribution in [0.25, 0.3) is 0 Å². The van der Waals surface area contributed by atoms with Gasteiger partial charge < -0.3 is 4.90 Å². The highest BCUT2D eigenvalue weighted by atomic mass is 16.2. The summed E-state index contributed by atoms with van der Waals surface area (Å²) in [6, 6.07) is 0.352. The Labute approximate surface area is 94.0 Å². The quantitative estimate of drug-likeness (QED) is 0.603. The first kappa shape index (κ1) is 12.5. The highest BCUT2D eigenvalue weighted by molar-refractivity contribution is 5.83. The van der Waals surface area contributed by atoms with Crippen LogP contribution in [0.1, 0.15) is 54.9 Å². The van der Waals surface area contributed by atoms with Crippen LogP contribution >= 0.6 is 0 Å². The number of rotatable bonds is 0. The molecule has 0 saturated carbocycles. The van der Waals surface area contributed by atoms with E-state index in [9.17, 15) is 4.79 Å². The summed E-state index contributed by atoms with van der Waals surface area (Å²) in [5, 5.41) is 0. The third-order valence-electron chi connectivity index (χ3n) is 3.58. The number of nitrogens with zero attached hydrogens (tertiary/aromatic N) is 1. The molecular formula is C13H25NO. The molecular weight excluding hydrogens is 186 g/mol. The van der Waals surface area contributed by atoms with Crippen molar-refractivity contribution in [3.05, 3.63) is 0 Å². The van der Waals surface area contributed by atoms with Crippen LogP contribution in [0.3, 0.4) is 0 Å². The van der Waals surface area contributed by atoms with Crippen LogP contribution in [-0.2, 0) is 4.79 Å². The predicted octanol–water partition coefficient (Wildman–Crippen LogP) is 3.07. The molecule has 0 aromatic rings. The van der Waals surface area contributed by atoms with Crippen molar-refractivity contribution < 1.29 is 4.79 Å². The summed E-state index contributed by atoms with van der Waals surface area (Å²) in [5.74, 6) is 0.887. The molecule has 1 saturated heterocycles. The molecule has 1 aliphatic heterocycles. The van der Waals surface area contributed by atoms with E-state index in [2.05, 4.69) is 53.4 Å². The largest absolute Gasteiger partial charge is 0.334 e. The number of hydrogen-bond acceptors (Lipinski definition) is 1. The van der Waals surface area contributed by atoms with Crippen molar-refractivity contribution in [1.29, 1.82) is 0 Å². The van der Waals surface area contributed by atoms with Crippen molar-refractivity contribution in [2.45, 2.75) is 66.5 Å². The molecule has 0 N–H and O–H groups in total. The zero-order valence-corrected chi connectivity index (χ0v) is 11.2. The van der Waals surface area contributed by atoms with Gasteiger partial charge in [0.1, 0.15) is 0 Å². The summed E-state index contributed by atoms with van der Waals surface area (Å²) in [6.07, 6.45) is 1.000. The molecule has 0 radical (unpaired) electrons. The molecule has 1 aliphatic rings. The van der Waals surface area contributed by atoms with Gasteiger partial charge in [0.25, 0.3) is 0 Å². The van der Waals surface area contributed by atoms with Gasteiger partial charge >= 0.3 is 0 Å². The molecule has 0 spiro atoms. The van der Waals surface area contributed by atoms with E-state index in [1.807, 2.05) is 0 Å². The van der Waals surface area contributed by atoms with Crippen molar-refractivity contribution in [3.8, 4) is 0 Å². The summed E-state index contributed by atoms with van der Waals surface area (Å²) in [5.41, 5.74) is -0.262. The van der Waals surface area contributed by atoms with Gasteiger partial charge in [-0.2, -0.15) is 0 Å². The van der Waals surface area contributed by atoms with Crippen LogP contribution < -0.4 is 0 Å². The van der Waals surface area contributed by atoms with Gasteiger partial charge in [0.05, 0.1) is 0 Å². The van der Waals surface area contributed by atoms with Gasteiger partial charge in [0.15, 0.2) is 0 Å². The molecule has 1 fully saturated rings. The van der Waals surface area contributed by atoms with Gasteiger partial charge in [-0.25, -0.2) is 0 Å². The van der Waals surface area contributed by atoms with Crippen LogP contribution in [0.2, 0.25) is 0 Å². The first-order valence-electron chi connectivity index (χ1n) is 5.91. The fraction of sp³-hybridized carbons (Fsp3) is 0.923. The van der Waals surface area contributed by atoms with Crippen LogP contribution in [0.15, 0.2) is 0 Å². The van der Waals surface area contributed by atoms with E-state index in [1.54, 1.807) is 0 Å². The lowest BCUT2D eigenvalue weighted by atomic mass is 9.73. The van der Waals surface area contributed by atoms with Gasteiger partial charge in [-0.15, -0.1) is 0 Å². The Bertz CT molecular complexity index is 262. The Hall–Kier alpha value is -0.530. The summed E-state index contributed by atoms with van der Waals surface area (Å²) in [4.78, 5) is 14.4. The highest BCUT2D eigenvalue weighted by Gasteiger charge is 2.46. The number of carbonyl (C=O) groups excluding carboxylic acids is 1. The average Bonchev–Trinajstić information content (AvgIpc) is 1.98. The molecule has 1 amide bonds. The molecule has 88 valence electrons. The molecule has 15 heavy (non-hydrogen) atoms. The van der Waals surface area contributed by atoms with Crippen molar-refractivity contribution >= 4 is 5.91 Å². The number of amides is 1. The maximum atomic E-state index is 12.4. The molecule has 1 unspecified atom stereocenters.